The average molecular weight is 239 g/mol. The Morgan fingerprint density at radius 1 is 1.44 bits per heavy atom. The number of halogens is 1. The minimum atomic E-state index is 0.234. The Hall–Kier alpha value is -0.690. The zero-order chi connectivity index (χ0) is 11.5. The lowest BCUT2D eigenvalue weighted by Gasteiger charge is -2.21. The number of ether oxygens (including phenoxy) is 1. The SMILES string of the molecule is CCC(CC1Cc2ccccc2O1)C(C)Cl. The summed E-state index contributed by atoms with van der Waals surface area (Å²) in [5.41, 5.74) is 1.34. The Bertz CT molecular complexity index is 323. The van der Waals surface area contributed by atoms with Crippen LogP contribution in [0.2, 0.25) is 0 Å². The van der Waals surface area contributed by atoms with E-state index in [-0.39, 0.29) is 5.38 Å². The van der Waals surface area contributed by atoms with Gasteiger partial charge in [0.15, 0.2) is 0 Å². The third-order valence-corrected chi connectivity index (χ3v) is 3.81. The van der Waals surface area contributed by atoms with Gasteiger partial charge in [0.2, 0.25) is 0 Å². The Balaban J connectivity index is 1.96. The van der Waals surface area contributed by atoms with Crippen LogP contribution in [0.3, 0.4) is 0 Å². The lowest BCUT2D eigenvalue weighted by Crippen LogP contribution is -2.22. The van der Waals surface area contributed by atoms with Crippen LogP contribution in [0.4, 0.5) is 0 Å². The molecule has 0 saturated carbocycles. The second kappa shape index (κ2) is 5.09. The molecule has 3 atom stereocenters. The van der Waals surface area contributed by atoms with Gasteiger partial charge in [0.1, 0.15) is 11.9 Å². The molecule has 1 aliphatic heterocycles. The molecular weight excluding hydrogens is 220 g/mol. The number of alkyl halides is 1. The first kappa shape index (κ1) is 11.8. The molecule has 0 N–H and O–H groups in total. The van der Waals surface area contributed by atoms with Crippen LogP contribution < -0.4 is 4.74 Å². The van der Waals surface area contributed by atoms with Crippen molar-refractivity contribution in [3.63, 3.8) is 0 Å². The standard InChI is InChI=1S/C14H19ClO/c1-3-11(10(2)15)8-13-9-12-6-4-5-7-14(12)16-13/h4-7,10-11,13H,3,8-9H2,1-2H3. The number of para-hydroxylation sites is 1. The van der Waals surface area contributed by atoms with Gasteiger partial charge < -0.3 is 4.74 Å². The molecular formula is C14H19ClO. The van der Waals surface area contributed by atoms with Crippen LogP contribution in [0.15, 0.2) is 24.3 Å². The molecule has 1 heterocycles. The third-order valence-electron chi connectivity index (χ3n) is 3.45. The molecule has 16 heavy (non-hydrogen) atoms. The maximum Gasteiger partial charge on any atom is 0.123 e. The van der Waals surface area contributed by atoms with Crippen molar-refractivity contribution in [2.75, 3.05) is 0 Å². The zero-order valence-electron chi connectivity index (χ0n) is 9.95. The van der Waals surface area contributed by atoms with Crippen molar-refractivity contribution >= 4 is 11.6 Å². The molecule has 0 spiro atoms. The molecule has 3 unspecified atom stereocenters. The number of hydrogen-bond acceptors (Lipinski definition) is 1. The summed E-state index contributed by atoms with van der Waals surface area (Å²) < 4.78 is 5.93. The van der Waals surface area contributed by atoms with Gasteiger partial charge in [-0.1, -0.05) is 31.5 Å². The molecule has 2 rings (SSSR count). The fourth-order valence-corrected chi connectivity index (χ4v) is 2.68. The summed E-state index contributed by atoms with van der Waals surface area (Å²) in [4.78, 5) is 0. The number of hydrogen-bond donors (Lipinski definition) is 0. The molecule has 1 aromatic carbocycles. The van der Waals surface area contributed by atoms with E-state index in [0.29, 0.717) is 12.0 Å². The molecule has 0 amide bonds. The maximum atomic E-state index is 6.18. The Labute approximate surface area is 103 Å². The molecule has 0 bridgehead atoms. The van der Waals surface area contributed by atoms with E-state index in [1.54, 1.807) is 0 Å². The largest absolute Gasteiger partial charge is 0.490 e. The monoisotopic (exact) mass is 238 g/mol. The van der Waals surface area contributed by atoms with Crippen molar-refractivity contribution in [1.29, 1.82) is 0 Å². The van der Waals surface area contributed by atoms with Crippen LogP contribution in [0, 0.1) is 5.92 Å². The topological polar surface area (TPSA) is 9.23 Å². The van der Waals surface area contributed by atoms with Crippen LogP contribution in [-0.4, -0.2) is 11.5 Å². The van der Waals surface area contributed by atoms with E-state index in [9.17, 15) is 0 Å². The van der Waals surface area contributed by atoms with E-state index in [2.05, 4.69) is 32.0 Å². The smallest absolute Gasteiger partial charge is 0.123 e. The first-order valence-corrected chi connectivity index (χ1v) is 6.53. The van der Waals surface area contributed by atoms with Crippen molar-refractivity contribution < 1.29 is 4.74 Å². The van der Waals surface area contributed by atoms with E-state index >= 15 is 0 Å². The van der Waals surface area contributed by atoms with E-state index < -0.39 is 0 Å². The Morgan fingerprint density at radius 2 is 2.19 bits per heavy atom. The van der Waals surface area contributed by atoms with E-state index in [1.807, 2.05) is 6.07 Å². The molecule has 1 aromatic rings. The lowest BCUT2D eigenvalue weighted by molar-refractivity contribution is 0.190. The molecule has 2 heteroatoms. The highest BCUT2D eigenvalue weighted by molar-refractivity contribution is 6.20. The van der Waals surface area contributed by atoms with Crippen LogP contribution in [-0.2, 0) is 6.42 Å². The van der Waals surface area contributed by atoms with Crippen molar-refractivity contribution in [2.24, 2.45) is 5.92 Å². The van der Waals surface area contributed by atoms with Crippen LogP contribution in [0.5, 0.6) is 5.75 Å². The summed E-state index contributed by atoms with van der Waals surface area (Å²) in [6, 6.07) is 8.32. The van der Waals surface area contributed by atoms with Crippen molar-refractivity contribution in [2.45, 2.75) is 44.6 Å². The number of rotatable bonds is 4. The normalized spacial score (nSPS) is 22.3. The van der Waals surface area contributed by atoms with Crippen molar-refractivity contribution in [3.05, 3.63) is 29.8 Å². The lowest BCUT2D eigenvalue weighted by atomic mass is 9.94. The van der Waals surface area contributed by atoms with Gasteiger partial charge in [0.05, 0.1) is 0 Å². The molecule has 1 aliphatic rings. The second-order valence-corrected chi connectivity index (χ2v) is 5.32. The number of fused-ring (bicyclic) bond motifs is 1. The molecule has 0 radical (unpaired) electrons. The van der Waals surface area contributed by atoms with Gasteiger partial charge in [-0.05, 0) is 30.9 Å². The fourth-order valence-electron chi connectivity index (χ4n) is 2.40. The summed E-state index contributed by atoms with van der Waals surface area (Å²) in [5.74, 6) is 1.62. The minimum Gasteiger partial charge on any atom is -0.490 e. The predicted octanol–water partition coefficient (Wildman–Crippen LogP) is 4.03. The van der Waals surface area contributed by atoms with E-state index in [4.69, 9.17) is 16.3 Å². The number of benzene rings is 1. The zero-order valence-corrected chi connectivity index (χ0v) is 10.7. The van der Waals surface area contributed by atoms with Crippen molar-refractivity contribution in [1.82, 2.24) is 0 Å². The molecule has 1 nitrogen and oxygen atoms in total. The van der Waals surface area contributed by atoms with Gasteiger partial charge in [-0.3, -0.25) is 0 Å². The van der Waals surface area contributed by atoms with Crippen LogP contribution in [0.1, 0.15) is 32.3 Å². The molecule has 0 aromatic heterocycles. The summed E-state index contributed by atoms with van der Waals surface area (Å²) >= 11 is 6.18. The van der Waals surface area contributed by atoms with E-state index in [1.165, 1.54) is 5.56 Å². The summed E-state index contributed by atoms with van der Waals surface area (Å²) in [7, 11) is 0. The summed E-state index contributed by atoms with van der Waals surface area (Å²) in [6.07, 6.45) is 3.55. The van der Waals surface area contributed by atoms with Gasteiger partial charge in [-0.25, -0.2) is 0 Å². The Morgan fingerprint density at radius 3 is 2.81 bits per heavy atom. The highest BCUT2D eigenvalue weighted by Gasteiger charge is 2.26. The predicted molar refractivity (Wildman–Crippen MR) is 68.3 cm³/mol. The van der Waals surface area contributed by atoms with Gasteiger partial charge >= 0.3 is 0 Å². The summed E-state index contributed by atoms with van der Waals surface area (Å²) in [6.45, 7) is 4.28. The van der Waals surface area contributed by atoms with Gasteiger partial charge in [-0.15, -0.1) is 11.6 Å². The molecule has 0 aliphatic carbocycles. The summed E-state index contributed by atoms with van der Waals surface area (Å²) in [5, 5.41) is 0.234. The molecule has 0 fully saturated rings. The fraction of sp³-hybridized carbons (Fsp3) is 0.571. The average Bonchev–Trinajstić information content (AvgIpc) is 2.67. The van der Waals surface area contributed by atoms with Crippen LogP contribution >= 0.6 is 11.6 Å². The van der Waals surface area contributed by atoms with Crippen molar-refractivity contribution in [3.8, 4) is 5.75 Å². The molecule has 0 saturated heterocycles. The highest BCUT2D eigenvalue weighted by Crippen LogP contribution is 2.32. The quantitative estimate of drug-likeness (QED) is 0.720. The maximum absolute atomic E-state index is 6.18. The van der Waals surface area contributed by atoms with Gasteiger partial charge in [-0.2, -0.15) is 0 Å². The third kappa shape index (κ3) is 2.52. The second-order valence-electron chi connectivity index (χ2n) is 4.63. The minimum absolute atomic E-state index is 0.234. The molecule has 88 valence electrons. The van der Waals surface area contributed by atoms with Gasteiger partial charge in [0.25, 0.3) is 0 Å². The first-order valence-electron chi connectivity index (χ1n) is 6.09. The van der Waals surface area contributed by atoms with Gasteiger partial charge in [0, 0.05) is 11.8 Å². The van der Waals surface area contributed by atoms with E-state index in [0.717, 1.165) is 25.0 Å². The Kier molecular flexibility index (Phi) is 3.75. The van der Waals surface area contributed by atoms with Crippen LogP contribution in [0.25, 0.3) is 0 Å². The highest BCUT2D eigenvalue weighted by atomic mass is 35.5. The first-order chi connectivity index (χ1) is 7.70.